The number of amides is 1. The first-order valence-corrected chi connectivity index (χ1v) is 11.3. The lowest BCUT2D eigenvalue weighted by Crippen LogP contribution is -2.48. The third-order valence-electron chi connectivity index (χ3n) is 5.25. The van der Waals surface area contributed by atoms with Crippen molar-refractivity contribution in [2.75, 3.05) is 19.6 Å². The van der Waals surface area contributed by atoms with Crippen molar-refractivity contribution >= 4 is 27.5 Å². The number of likely N-dealkylation sites (tertiary alicyclic amines) is 1. The molecule has 3 rings (SSSR count). The van der Waals surface area contributed by atoms with E-state index in [4.69, 9.17) is 16.3 Å². The molecule has 3 atom stereocenters. The zero-order valence-corrected chi connectivity index (χ0v) is 17.6. The summed E-state index contributed by atoms with van der Waals surface area (Å²) in [6.07, 6.45) is 2.66. The van der Waals surface area contributed by atoms with Gasteiger partial charge in [0.2, 0.25) is 10.0 Å². The lowest BCUT2D eigenvalue weighted by molar-refractivity contribution is -0.0440. The molecule has 0 aliphatic carbocycles. The van der Waals surface area contributed by atoms with Gasteiger partial charge in [0.15, 0.2) is 0 Å². The highest BCUT2D eigenvalue weighted by Gasteiger charge is 2.34. The highest BCUT2D eigenvalue weighted by atomic mass is 35.5. The average molecular weight is 415 g/mol. The minimum Gasteiger partial charge on any atom is -0.373 e. The van der Waals surface area contributed by atoms with Crippen LogP contribution in [0.25, 0.3) is 0 Å². The minimum absolute atomic E-state index is 0.0130. The quantitative estimate of drug-likeness (QED) is 0.761. The maximum Gasteiger partial charge on any atom is 0.254 e. The van der Waals surface area contributed by atoms with Crippen molar-refractivity contribution in [3.63, 3.8) is 0 Å². The van der Waals surface area contributed by atoms with Gasteiger partial charge in [-0.15, -0.1) is 0 Å². The number of carbonyl (C=O) groups excluding carboxylic acids is 1. The molecule has 0 spiro atoms. The van der Waals surface area contributed by atoms with E-state index < -0.39 is 10.0 Å². The summed E-state index contributed by atoms with van der Waals surface area (Å²) in [6, 6.07) is 4.69. The summed E-state index contributed by atoms with van der Waals surface area (Å²) < 4.78 is 33.4. The lowest BCUT2D eigenvalue weighted by Gasteiger charge is -2.35. The highest BCUT2D eigenvalue weighted by molar-refractivity contribution is 7.89. The van der Waals surface area contributed by atoms with Gasteiger partial charge in [-0.2, -0.15) is 4.31 Å². The first-order valence-electron chi connectivity index (χ1n) is 9.46. The molecule has 2 aliphatic rings. The lowest BCUT2D eigenvalue weighted by atomic mass is 10.0. The van der Waals surface area contributed by atoms with Crippen molar-refractivity contribution in [3.05, 3.63) is 28.8 Å². The smallest absolute Gasteiger partial charge is 0.254 e. The Morgan fingerprint density at radius 2 is 1.81 bits per heavy atom. The van der Waals surface area contributed by atoms with Crippen molar-refractivity contribution < 1.29 is 17.9 Å². The number of nitrogens with zero attached hydrogens (tertiary/aromatic N) is 2. The molecule has 2 saturated heterocycles. The van der Waals surface area contributed by atoms with E-state index in [0.717, 1.165) is 19.3 Å². The molecule has 27 heavy (non-hydrogen) atoms. The van der Waals surface area contributed by atoms with Crippen molar-refractivity contribution in [2.45, 2.75) is 63.2 Å². The van der Waals surface area contributed by atoms with Gasteiger partial charge in [-0.25, -0.2) is 8.42 Å². The predicted molar refractivity (Wildman–Crippen MR) is 105 cm³/mol. The van der Waals surface area contributed by atoms with Gasteiger partial charge >= 0.3 is 0 Å². The highest BCUT2D eigenvalue weighted by Crippen LogP contribution is 2.29. The fraction of sp³-hybridized carbons (Fsp3) is 0.632. The standard InChI is InChI=1S/C19H27ClN2O4S/c1-13-6-4-5-9-22(13)19(23)16-7-8-17(20)18(10-16)27(24,25)21-11-14(2)26-15(3)12-21/h7-8,10,13-15H,4-6,9,11-12H2,1-3H3. The van der Waals surface area contributed by atoms with E-state index >= 15 is 0 Å². The molecule has 1 aromatic rings. The minimum atomic E-state index is -3.81. The predicted octanol–water partition coefficient (Wildman–Crippen LogP) is 3.15. The molecule has 3 unspecified atom stereocenters. The summed E-state index contributed by atoms with van der Waals surface area (Å²) in [5.74, 6) is -0.140. The number of morpholine rings is 1. The topological polar surface area (TPSA) is 66.9 Å². The SMILES string of the molecule is CC1CN(S(=O)(=O)c2cc(C(=O)N3CCCCC3C)ccc2Cl)CC(C)O1. The van der Waals surface area contributed by atoms with Gasteiger partial charge in [0, 0.05) is 31.2 Å². The molecule has 2 aliphatic heterocycles. The molecule has 2 heterocycles. The van der Waals surface area contributed by atoms with E-state index in [0.29, 0.717) is 12.1 Å². The van der Waals surface area contributed by atoms with E-state index in [9.17, 15) is 13.2 Å². The van der Waals surface area contributed by atoms with Crippen LogP contribution in [0, 0.1) is 0 Å². The maximum atomic E-state index is 13.2. The number of ether oxygens (including phenoxy) is 1. The van der Waals surface area contributed by atoms with Crippen molar-refractivity contribution in [1.29, 1.82) is 0 Å². The molecular formula is C19H27ClN2O4S. The molecule has 2 fully saturated rings. The first-order chi connectivity index (χ1) is 12.7. The number of carbonyl (C=O) groups is 1. The number of benzene rings is 1. The molecule has 1 amide bonds. The Morgan fingerprint density at radius 1 is 1.15 bits per heavy atom. The van der Waals surface area contributed by atoms with Crippen molar-refractivity contribution in [2.24, 2.45) is 0 Å². The molecule has 8 heteroatoms. The molecular weight excluding hydrogens is 388 g/mol. The molecule has 150 valence electrons. The maximum absolute atomic E-state index is 13.2. The summed E-state index contributed by atoms with van der Waals surface area (Å²) >= 11 is 6.23. The van der Waals surface area contributed by atoms with Gasteiger partial charge < -0.3 is 9.64 Å². The van der Waals surface area contributed by atoms with Crippen LogP contribution in [-0.2, 0) is 14.8 Å². The Bertz CT molecular complexity index is 804. The molecule has 0 N–H and O–H groups in total. The summed E-state index contributed by atoms with van der Waals surface area (Å²) in [5.41, 5.74) is 0.362. The summed E-state index contributed by atoms with van der Waals surface area (Å²) in [5, 5.41) is 0.130. The van der Waals surface area contributed by atoms with E-state index in [2.05, 4.69) is 0 Å². The summed E-state index contributed by atoms with van der Waals surface area (Å²) in [6.45, 7) is 6.95. The number of hydrogen-bond acceptors (Lipinski definition) is 4. The molecule has 6 nitrogen and oxygen atoms in total. The van der Waals surface area contributed by atoms with E-state index in [1.54, 1.807) is 6.07 Å². The Kier molecular flexibility index (Phi) is 6.15. The van der Waals surface area contributed by atoms with Crippen LogP contribution >= 0.6 is 11.6 Å². The van der Waals surface area contributed by atoms with Crippen LogP contribution in [0.3, 0.4) is 0 Å². The largest absolute Gasteiger partial charge is 0.373 e. The van der Waals surface area contributed by atoms with Crippen LogP contribution in [0.4, 0.5) is 0 Å². The van der Waals surface area contributed by atoms with Crippen LogP contribution < -0.4 is 0 Å². The van der Waals surface area contributed by atoms with Gasteiger partial charge in [0.25, 0.3) is 5.91 Å². The zero-order valence-electron chi connectivity index (χ0n) is 16.0. The first kappa shape index (κ1) is 20.6. The monoisotopic (exact) mass is 414 g/mol. The molecule has 0 bridgehead atoms. The van der Waals surface area contributed by atoms with E-state index in [-0.39, 0.29) is 47.2 Å². The fourth-order valence-corrected chi connectivity index (χ4v) is 5.96. The number of sulfonamides is 1. The van der Waals surface area contributed by atoms with Crippen molar-refractivity contribution in [3.8, 4) is 0 Å². The van der Waals surface area contributed by atoms with Gasteiger partial charge in [-0.05, 0) is 58.2 Å². The Labute approximate surface area is 166 Å². The van der Waals surface area contributed by atoms with Crippen LogP contribution in [-0.4, -0.2) is 61.4 Å². The Balaban J connectivity index is 1.92. The van der Waals surface area contributed by atoms with Crippen LogP contribution in [0.2, 0.25) is 5.02 Å². The summed E-state index contributed by atoms with van der Waals surface area (Å²) in [7, 11) is -3.81. The van der Waals surface area contributed by atoms with E-state index in [1.807, 2.05) is 25.7 Å². The molecule has 0 saturated carbocycles. The Morgan fingerprint density at radius 3 is 2.44 bits per heavy atom. The van der Waals surface area contributed by atoms with E-state index in [1.165, 1.54) is 16.4 Å². The van der Waals surface area contributed by atoms with Gasteiger partial charge in [-0.3, -0.25) is 4.79 Å². The Hall–Kier alpha value is -1.15. The van der Waals surface area contributed by atoms with Crippen LogP contribution in [0.5, 0.6) is 0 Å². The average Bonchev–Trinajstić information content (AvgIpc) is 2.61. The fourth-order valence-electron chi connectivity index (χ4n) is 3.87. The van der Waals surface area contributed by atoms with Crippen molar-refractivity contribution in [1.82, 2.24) is 9.21 Å². The van der Waals surface area contributed by atoms with Gasteiger partial charge in [0.05, 0.1) is 17.2 Å². The number of halogens is 1. The second-order valence-electron chi connectivity index (χ2n) is 7.57. The molecule has 0 radical (unpaired) electrons. The second kappa shape index (κ2) is 8.07. The normalized spacial score (nSPS) is 27.6. The van der Waals surface area contributed by atoms with Crippen LogP contribution in [0.1, 0.15) is 50.4 Å². The van der Waals surface area contributed by atoms with Gasteiger partial charge in [0.1, 0.15) is 4.90 Å². The summed E-state index contributed by atoms with van der Waals surface area (Å²) in [4.78, 5) is 14.7. The molecule has 1 aromatic carbocycles. The number of rotatable bonds is 3. The third-order valence-corrected chi connectivity index (χ3v) is 7.56. The molecule has 0 aromatic heterocycles. The van der Waals surface area contributed by atoms with Gasteiger partial charge in [-0.1, -0.05) is 11.6 Å². The number of piperidine rings is 1. The van der Waals surface area contributed by atoms with Crippen LogP contribution in [0.15, 0.2) is 23.1 Å². The third kappa shape index (κ3) is 4.31. The zero-order chi connectivity index (χ0) is 19.8. The number of hydrogen-bond donors (Lipinski definition) is 0. The second-order valence-corrected chi connectivity index (χ2v) is 9.88.